The van der Waals surface area contributed by atoms with Gasteiger partial charge in [0.1, 0.15) is 15.8 Å². The van der Waals surface area contributed by atoms with Gasteiger partial charge in [-0.25, -0.2) is 0 Å². The van der Waals surface area contributed by atoms with Crippen LogP contribution in [0.1, 0.15) is 12.0 Å². The second kappa shape index (κ2) is 5.66. The summed E-state index contributed by atoms with van der Waals surface area (Å²) in [6, 6.07) is 5.88. The Hall–Kier alpha value is -0.980. The molecule has 0 unspecified atom stereocenters. The van der Waals surface area contributed by atoms with Crippen molar-refractivity contribution >= 4 is 35.0 Å². The van der Waals surface area contributed by atoms with Crippen LogP contribution in [0.5, 0.6) is 5.75 Å². The number of ether oxygens (including phenoxy) is 1. The van der Waals surface area contributed by atoms with Gasteiger partial charge in [0.05, 0.1) is 7.11 Å². The second-order valence-electron chi connectivity index (χ2n) is 5.02. The molecule has 1 atom stereocenters. The van der Waals surface area contributed by atoms with Gasteiger partial charge in [0.15, 0.2) is 0 Å². The van der Waals surface area contributed by atoms with Crippen LogP contribution in [0, 0.1) is 12.8 Å². The summed E-state index contributed by atoms with van der Waals surface area (Å²) in [6.07, 6.45) is 0.818. The molecule has 1 aliphatic carbocycles. The Balaban J connectivity index is 1.83. The van der Waals surface area contributed by atoms with Gasteiger partial charge in [0.25, 0.3) is 0 Å². The van der Waals surface area contributed by atoms with Crippen molar-refractivity contribution in [2.45, 2.75) is 22.8 Å². The number of rotatable bonds is 5. The van der Waals surface area contributed by atoms with Crippen LogP contribution in [0.4, 0.5) is 0 Å². The number of alkyl halides is 2. The molecule has 1 heterocycles. The highest BCUT2D eigenvalue weighted by atomic mass is 35.5. The number of halogens is 2. The van der Waals surface area contributed by atoms with E-state index in [1.165, 1.54) is 0 Å². The van der Waals surface area contributed by atoms with E-state index in [1.807, 2.05) is 25.1 Å². The molecule has 1 aliphatic rings. The maximum atomic E-state index is 6.05. The average Bonchev–Trinajstić information content (AvgIpc) is 2.87. The zero-order chi connectivity index (χ0) is 15.0. The molecule has 21 heavy (non-hydrogen) atoms. The minimum atomic E-state index is -0.577. The van der Waals surface area contributed by atoms with Gasteiger partial charge >= 0.3 is 0 Å². The number of thioether (sulfide) groups is 1. The highest BCUT2D eigenvalue weighted by molar-refractivity contribution is 7.99. The lowest BCUT2D eigenvalue weighted by Crippen LogP contribution is -2.03. The van der Waals surface area contributed by atoms with Crippen LogP contribution >= 0.6 is 35.0 Å². The van der Waals surface area contributed by atoms with Crippen molar-refractivity contribution in [3.63, 3.8) is 0 Å². The zero-order valence-electron chi connectivity index (χ0n) is 11.6. The van der Waals surface area contributed by atoms with Crippen LogP contribution in [0.3, 0.4) is 0 Å². The van der Waals surface area contributed by atoms with Crippen molar-refractivity contribution < 1.29 is 4.74 Å². The first-order valence-corrected chi connectivity index (χ1v) is 8.19. The molecule has 0 amide bonds. The number of hydrogen-bond acceptors (Lipinski definition) is 5. The van der Waals surface area contributed by atoms with Gasteiger partial charge in [-0.2, -0.15) is 4.68 Å². The van der Waals surface area contributed by atoms with Crippen LogP contribution in [-0.4, -0.2) is 37.4 Å². The molecule has 1 fully saturated rings. The van der Waals surface area contributed by atoms with Gasteiger partial charge in [-0.3, -0.25) is 0 Å². The predicted octanol–water partition coefficient (Wildman–Crippen LogP) is 3.27. The Morgan fingerprint density at radius 1 is 1.48 bits per heavy atom. The van der Waals surface area contributed by atoms with Crippen LogP contribution in [0.25, 0.3) is 5.69 Å². The molecule has 2 aromatic rings. The molecular weight excluding hydrogens is 331 g/mol. The standard InChI is InChI=1S/C13H14Cl2N4OS/c1-8-3-4-11(20-2)10(5-8)19-12(16-17-18-19)21-7-9-6-13(9,14)15/h3-5,9H,6-7H2,1-2H3/t9-/m0/s1. The summed E-state index contributed by atoms with van der Waals surface area (Å²) in [6.45, 7) is 2.01. The number of nitrogens with zero attached hydrogens (tertiary/aromatic N) is 4. The van der Waals surface area contributed by atoms with E-state index in [9.17, 15) is 0 Å². The van der Waals surface area contributed by atoms with Gasteiger partial charge in [0.2, 0.25) is 5.16 Å². The summed E-state index contributed by atoms with van der Waals surface area (Å²) in [5.41, 5.74) is 1.93. The van der Waals surface area contributed by atoms with Gasteiger partial charge in [-0.1, -0.05) is 17.8 Å². The van der Waals surface area contributed by atoms with E-state index in [-0.39, 0.29) is 5.92 Å². The Kier molecular flexibility index (Phi) is 4.03. The van der Waals surface area contributed by atoms with E-state index in [2.05, 4.69) is 15.5 Å². The molecule has 1 saturated carbocycles. The molecule has 0 radical (unpaired) electrons. The third-order valence-corrected chi connectivity index (χ3v) is 5.38. The van der Waals surface area contributed by atoms with Crippen molar-refractivity contribution in [3.05, 3.63) is 23.8 Å². The summed E-state index contributed by atoms with van der Waals surface area (Å²) in [5, 5.41) is 12.6. The van der Waals surface area contributed by atoms with E-state index in [0.717, 1.165) is 29.2 Å². The minimum Gasteiger partial charge on any atom is -0.494 e. The summed E-state index contributed by atoms with van der Waals surface area (Å²) >= 11 is 13.6. The fraction of sp³-hybridized carbons (Fsp3) is 0.462. The number of methoxy groups -OCH3 is 1. The summed E-state index contributed by atoms with van der Waals surface area (Å²) in [5.74, 6) is 1.81. The molecular formula is C13H14Cl2N4OS. The molecule has 0 aliphatic heterocycles. The number of hydrogen-bond donors (Lipinski definition) is 0. The van der Waals surface area contributed by atoms with Crippen LogP contribution in [-0.2, 0) is 0 Å². The molecule has 0 bridgehead atoms. The van der Waals surface area contributed by atoms with Crippen molar-refractivity contribution in [1.29, 1.82) is 0 Å². The smallest absolute Gasteiger partial charge is 0.214 e. The molecule has 3 rings (SSSR count). The molecule has 5 nitrogen and oxygen atoms in total. The molecule has 0 spiro atoms. The van der Waals surface area contributed by atoms with Crippen LogP contribution < -0.4 is 4.74 Å². The Bertz CT molecular complexity index is 661. The number of benzene rings is 1. The van der Waals surface area contributed by atoms with E-state index >= 15 is 0 Å². The first-order valence-electron chi connectivity index (χ1n) is 6.45. The summed E-state index contributed by atoms with van der Waals surface area (Å²) in [4.78, 5) is 0. The predicted molar refractivity (Wildman–Crippen MR) is 83.7 cm³/mol. The Morgan fingerprint density at radius 2 is 2.24 bits per heavy atom. The Morgan fingerprint density at radius 3 is 2.90 bits per heavy atom. The zero-order valence-corrected chi connectivity index (χ0v) is 13.9. The maximum absolute atomic E-state index is 6.05. The molecule has 112 valence electrons. The van der Waals surface area contributed by atoms with Crippen molar-refractivity contribution in [2.75, 3.05) is 12.9 Å². The minimum absolute atomic E-state index is 0.287. The quantitative estimate of drug-likeness (QED) is 0.615. The number of aryl methyl sites for hydroxylation is 1. The largest absolute Gasteiger partial charge is 0.494 e. The SMILES string of the molecule is COc1ccc(C)cc1-n1nnnc1SC[C@@H]1CC1(Cl)Cl. The van der Waals surface area contributed by atoms with Gasteiger partial charge in [-0.15, -0.1) is 28.3 Å². The van der Waals surface area contributed by atoms with Gasteiger partial charge in [-0.05, 0) is 41.5 Å². The molecule has 1 aromatic carbocycles. The van der Waals surface area contributed by atoms with E-state index in [0.29, 0.717) is 5.16 Å². The van der Waals surface area contributed by atoms with Crippen molar-refractivity contribution in [2.24, 2.45) is 5.92 Å². The molecule has 0 N–H and O–H groups in total. The summed E-state index contributed by atoms with van der Waals surface area (Å²) in [7, 11) is 1.63. The first-order chi connectivity index (χ1) is 10.0. The number of tetrazole rings is 1. The number of aromatic nitrogens is 4. The second-order valence-corrected chi connectivity index (χ2v) is 7.55. The Labute approximate surface area is 136 Å². The molecule has 1 aromatic heterocycles. The van der Waals surface area contributed by atoms with Crippen LogP contribution in [0.2, 0.25) is 0 Å². The van der Waals surface area contributed by atoms with E-state index in [1.54, 1.807) is 23.6 Å². The van der Waals surface area contributed by atoms with Gasteiger partial charge < -0.3 is 4.74 Å². The lowest BCUT2D eigenvalue weighted by Gasteiger charge is -2.10. The fourth-order valence-corrected chi connectivity index (χ4v) is 3.83. The fourth-order valence-electron chi connectivity index (χ4n) is 2.01. The average molecular weight is 345 g/mol. The summed E-state index contributed by atoms with van der Waals surface area (Å²) < 4.78 is 6.49. The maximum Gasteiger partial charge on any atom is 0.214 e. The van der Waals surface area contributed by atoms with E-state index < -0.39 is 4.33 Å². The highest BCUT2D eigenvalue weighted by Crippen LogP contribution is 2.54. The lowest BCUT2D eigenvalue weighted by molar-refractivity contribution is 0.410. The topological polar surface area (TPSA) is 52.8 Å². The molecule has 0 saturated heterocycles. The highest BCUT2D eigenvalue weighted by Gasteiger charge is 2.51. The van der Waals surface area contributed by atoms with Crippen molar-refractivity contribution in [3.8, 4) is 11.4 Å². The first kappa shape index (κ1) is 14.9. The molecule has 8 heteroatoms. The third kappa shape index (κ3) is 3.12. The lowest BCUT2D eigenvalue weighted by atomic mass is 10.2. The van der Waals surface area contributed by atoms with Crippen LogP contribution in [0.15, 0.2) is 23.4 Å². The van der Waals surface area contributed by atoms with Crippen molar-refractivity contribution in [1.82, 2.24) is 20.2 Å². The monoisotopic (exact) mass is 344 g/mol. The third-order valence-electron chi connectivity index (χ3n) is 3.37. The normalized spacial score (nSPS) is 19.5. The van der Waals surface area contributed by atoms with E-state index in [4.69, 9.17) is 27.9 Å². The van der Waals surface area contributed by atoms with Gasteiger partial charge in [0, 0.05) is 11.7 Å².